The highest BCUT2D eigenvalue weighted by Crippen LogP contribution is 2.18. The van der Waals surface area contributed by atoms with Crippen molar-refractivity contribution in [3.63, 3.8) is 0 Å². The van der Waals surface area contributed by atoms with Crippen molar-refractivity contribution < 1.29 is 4.79 Å². The van der Waals surface area contributed by atoms with Gasteiger partial charge in [0.05, 0.1) is 5.69 Å². The number of carbonyl (C=O) groups excluding carboxylic acids is 1. The monoisotopic (exact) mass is 276 g/mol. The molecule has 3 heterocycles. The Balaban J connectivity index is 1.78. The molecule has 0 atom stereocenters. The van der Waals surface area contributed by atoms with Crippen LogP contribution in [0.4, 0.5) is 0 Å². The molecule has 0 spiro atoms. The van der Waals surface area contributed by atoms with Crippen molar-refractivity contribution in [1.29, 1.82) is 0 Å². The number of piperidine rings is 1. The summed E-state index contributed by atoms with van der Waals surface area (Å²) in [7, 11) is 0. The van der Waals surface area contributed by atoms with Crippen molar-refractivity contribution >= 4 is 5.91 Å². The van der Waals surface area contributed by atoms with Gasteiger partial charge >= 0.3 is 0 Å². The molecule has 0 bridgehead atoms. The summed E-state index contributed by atoms with van der Waals surface area (Å²) in [6.45, 7) is 6.28. The first-order valence-electron chi connectivity index (χ1n) is 7.85. The van der Waals surface area contributed by atoms with E-state index in [2.05, 4.69) is 16.8 Å². The number of fused-ring (bicyclic) bond motifs is 1. The molecule has 1 fully saturated rings. The minimum atomic E-state index is 0.262. The van der Waals surface area contributed by atoms with Crippen molar-refractivity contribution in [1.82, 2.24) is 19.8 Å². The third-order valence-corrected chi connectivity index (χ3v) is 4.38. The first-order valence-corrected chi connectivity index (χ1v) is 7.85. The summed E-state index contributed by atoms with van der Waals surface area (Å²) in [5.41, 5.74) is 2.41. The molecular formula is C15H24N4O. The lowest BCUT2D eigenvalue weighted by molar-refractivity contribution is -0.132. The number of carbonyl (C=O) groups is 1. The Hall–Kier alpha value is -1.36. The zero-order valence-corrected chi connectivity index (χ0v) is 12.3. The molecule has 2 aliphatic rings. The quantitative estimate of drug-likeness (QED) is 0.899. The van der Waals surface area contributed by atoms with Crippen LogP contribution in [0.1, 0.15) is 43.4 Å². The van der Waals surface area contributed by atoms with Crippen molar-refractivity contribution in [2.75, 3.05) is 19.6 Å². The third-order valence-electron chi connectivity index (χ3n) is 4.38. The molecule has 3 rings (SSSR count). The summed E-state index contributed by atoms with van der Waals surface area (Å²) in [5, 5.41) is 3.35. The normalized spacial score (nSPS) is 18.9. The van der Waals surface area contributed by atoms with Crippen LogP contribution in [-0.4, -0.2) is 40.0 Å². The van der Waals surface area contributed by atoms with E-state index in [1.807, 2.05) is 4.90 Å². The maximum atomic E-state index is 12.5. The Morgan fingerprint density at radius 2 is 2.10 bits per heavy atom. The molecule has 0 aromatic carbocycles. The van der Waals surface area contributed by atoms with E-state index in [4.69, 9.17) is 4.98 Å². The Labute approximate surface area is 120 Å². The van der Waals surface area contributed by atoms with E-state index in [1.165, 1.54) is 12.1 Å². The fourth-order valence-corrected chi connectivity index (χ4v) is 3.26. The molecule has 2 aliphatic heterocycles. The van der Waals surface area contributed by atoms with Crippen LogP contribution in [0.5, 0.6) is 0 Å². The van der Waals surface area contributed by atoms with Crippen LogP contribution in [0.2, 0.25) is 0 Å². The van der Waals surface area contributed by atoms with Crippen LogP contribution in [-0.2, 0) is 30.7 Å². The standard InChI is InChI=1S/C15H24N4O/c1-2-14-17-12-10-16-7-6-13(12)19(14)11-15(20)18-8-4-3-5-9-18/h16H,2-11H2,1H3. The second-order valence-corrected chi connectivity index (χ2v) is 5.73. The van der Waals surface area contributed by atoms with Gasteiger partial charge < -0.3 is 14.8 Å². The van der Waals surface area contributed by atoms with Crippen LogP contribution in [0, 0.1) is 0 Å². The van der Waals surface area contributed by atoms with Gasteiger partial charge in [0.15, 0.2) is 0 Å². The minimum Gasteiger partial charge on any atom is -0.341 e. The molecule has 1 amide bonds. The van der Waals surface area contributed by atoms with Gasteiger partial charge in [0, 0.05) is 44.7 Å². The number of likely N-dealkylation sites (tertiary alicyclic amines) is 1. The Morgan fingerprint density at radius 1 is 1.30 bits per heavy atom. The molecule has 1 aromatic rings. The fourth-order valence-electron chi connectivity index (χ4n) is 3.26. The van der Waals surface area contributed by atoms with Crippen LogP contribution in [0.15, 0.2) is 0 Å². The van der Waals surface area contributed by atoms with E-state index >= 15 is 0 Å². The highest BCUT2D eigenvalue weighted by atomic mass is 16.2. The Kier molecular flexibility index (Phi) is 4.05. The maximum absolute atomic E-state index is 12.5. The summed E-state index contributed by atoms with van der Waals surface area (Å²) in [6, 6.07) is 0. The topological polar surface area (TPSA) is 50.2 Å². The molecule has 0 radical (unpaired) electrons. The highest BCUT2D eigenvalue weighted by molar-refractivity contribution is 5.76. The number of nitrogens with one attached hydrogen (secondary N) is 1. The zero-order valence-electron chi connectivity index (χ0n) is 12.3. The lowest BCUT2D eigenvalue weighted by atomic mass is 10.1. The van der Waals surface area contributed by atoms with Gasteiger partial charge in [-0.15, -0.1) is 0 Å². The number of hydrogen-bond donors (Lipinski definition) is 1. The molecule has 20 heavy (non-hydrogen) atoms. The highest BCUT2D eigenvalue weighted by Gasteiger charge is 2.23. The molecule has 5 heteroatoms. The Morgan fingerprint density at radius 3 is 2.85 bits per heavy atom. The van der Waals surface area contributed by atoms with Gasteiger partial charge in [-0.05, 0) is 19.3 Å². The number of hydrogen-bond acceptors (Lipinski definition) is 3. The predicted molar refractivity (Wildman–Crippen MR) is 77.4 cm³/mol. The maximum Gasteiger partial charge on any atom is 0.242 e. The number of amides is 1. The molecule has 1 aromatic heterocycles. The number of imidazole rings is 1. The van der Waals surface area contributed by atoms with Crippen LogP contribution < -0.4 is 5.32 Å². The summed E-state index contributed by atoms with van der Waals surface area (Å²) in [4.78, 5) is 19.2. The van der Waals surface area contributed by atoms with E-state index in [-0.39, 0.29) is 5.91 Å². The van der Waals surface area contributed by atoms with Gasteiger partial charge in [-0.25, -0.2) is 4.98 Å². The number of nitrogens with zero attached hydrogens (tertiary/aromatic N) is 3. The molecule has 1 N–H and O–H groups in total. The molecule has 110 valence electrons. The van der Waals surface area contributed by atoms with Gasteiger partial charge in [0.1, 0.15) is 12.4 Å². The van der Waals surface area contributed by atoms with Crippen LogP contribution in [0.25, 0.3) is 0 Å². The van der Waals surface area contributed by atoms with Gasteiger partial charge in [-0.1, -0.05) is 6.92 Å². The summed E-state index contributed by atoms with van der Waals surface area (Å²) in [5.74, 6) is 1.32. The van der Waals surface area contributed by atoms with E-state index in [0.717, 1.165) is 63.4 Å². The SMILES string of the molecule is CCc1nc2c(n1CC(=O)N1CCCCC1)CCNC2. The number of aryl methyl sites for hydroxylation is 1. The molecule has 1 saturated heterocycles. The number of aromatic nitrogens is 2. The average molecular weight is 276 g/mol. The zero-order chi connectivity index (χ0) is 13.9. The second kappa shape index (κ2) is 5.95. The predicted octanol–water partition coefficient (Wildman–Crippen LogP) is 1.10. The first-order chi connectivity index (χ1) is 9.79. The Bertz CT molecular complexity index is 488. The molecule has 0 aliphatic carbocycles. The lowest BCUT2D eigenvalue weighted by Crippen LogP contribution is -2.38. The van der Waals surface area contributed by atoms with E-state index in [9.17, 15) is 4.79 Å². The average Bonchev–Trinajstić information content (AvgIpc) is 2.86. The van der Waals surface area contributed by atoms with Gasteiger partial charge in [-0.3, -0.25) is 4.79 Å². The second-order valence-electron chi connectivity index (χ2n) is 5.73. The number of rotatable bonds is 3. The van der Waals surface area contributed by atoms with Crippen LogP contribution >= 0.6 is 0 Å². The van der Waals surface area contributed by atoms with Gasteiger partial charge in [0.2, 0.25) is 5.91 Å². The van der Waals surface area contributed by atoms with Crippen molar-refractivity contribution in [3.8, 4) is 0 Å². The summed E-state index contributed by atoms with van der Waals surface area (Å²) in [6.07, 6.45) is 5.43. The molecule has 5 nitrogen and oxygen atoms in total. The lowest BCUT2D eigenvalue weighted by Gasteiger charge is -2.27. The largest absolute Gasteiger partial charge is 0.341 e. The first kappa shape index (κ1) is 13.6. The molecule has 0 unspecified atom stereocenters. The minimum absolute atomic E-state index is 0.262. The van der Waals surface area contributed by atoms with E-state index in [0.29, 0.717) is 6.54 Å². The van der Waals surface area contributed by atoms with Gasteiger partial charge in [-0.2, -0.15) is 0 Å². The van der Waals surface area contributed by atoms with Crippen LogP contribution in [0.3, 0.4) is 0 Å². The summed E-state index contributed by atoms with van der Waals surface area (Å²) < 4.78 is 2.17. The fraction of sp³-hybridized carbons (Fsp3) is 0.733. The molecule has 0 saturated carbocycles. The van der Waals surface area contributed by atoms with E-state index in [1.54, 1.807) is 0 Å². The summed E-state index contributed by atoms with van der Waals surface area (Å²) >= 11 is 0. The van der Waals surface area contributed by atoms with Crippen molar-refractivity contribution in [2.45, 2.75) is 52.1 Å². The van der Waals surface area contributed by atoms with E-state index < -0.39 is 0 Å². The van der Waals surface area contributed by atoms with Crippen molar-refractivity contribution in [2.24, 2.45) is 0 Å². The smallest absolute Gasteiger partial charge is 0.242 e. The van der Waals surface area contributed by atoms with Crippen molar-refractivity contribution in [3.05, 3.63) is 17.2 Å². The third kappa shape index (κ3) is 2.59. The van der Waals surface area contributed by atoms with Gasteiger partial charge in [0.25, 0.3) is 0 Å². The molecular weight excluding hydrogens is 252 g/mol.